The van der Waals surface area contributed by atoms with Gasteiger partial charge in [-0.3, -0.25) is 0 Å². The smallest absolute Gasteiger partial charge is 0.240 e. The van der Waals surface area contributed by atoms with Gasteiger partial charge < -0.3 is 5.32 Å². The molecule has 1 aromatic heterocycles. The van der Waals surface area contributed by atoms with Crippen molar-refractivity contribution in [2.45, 2.75) is 49.6 Å². The topological polar surface area (TPSA) is 102 Å². The van der Waals surface area contributed by atoms with Gasteiger partial charge in [0.25, 0.3) is 0 Å². The molecular weight excluding hydrogens is 431 g/mol. The van der Waals surface area contributed by atoms with E-state index in [-0.39, 0.29) is 4.90 Å². The average molecular weight is 459 g/mol. The summed E-state index contributed by atoms with van der Waals surface area (Å²) in [5.41, 5.74) is 2.52. The number of anilines is 1. The van der Waals surface area contributed by atoms with Gasteiger partial charge in [-0.25, -0.2) is 13.1 Å². The van der Waals surface area contributed by atoms with Crippen molar-refractivity contribution in [3.63, 3.8) is 0 Å². The molecule has 4 rings (SSSR count). The maximum Gasteiger partial charge on any atom is 0.240 e. The summed E-state index contributed by atoms with van der Waals surface area (Å²) in [6.45, 7) is 0.484. The lowest BCUT2D eigenvalue weighted by Crippen LogP contribution is -2.23. The monoisotopic (exact) mass is 458 g/mol. The fraction of sp³-hybridized carbons (Fsp3) is 0.381. The van der Waals surface area contributed by atoms with Crippen molar-refractivity contribution < 1.29 is 8.42 Å². The van der Waals surface area contributed by atoms with Crippen LogP contribution in [0.5, 0.6) is 0 Å². The molecule has 31 heavy (non-hydrogen) atoms. The SMILES string of the molecule is CNS(=O)(=O)c1ccc(NC2CCCCC2)c(-c2nnn(Cc3ccc(P)cc3)n2)c1. The van der Waals surface area contributed by atoms with Crippen LogP contribution in [0.4, 0.5) is 5.69 Å². The first-order chi connectivity index (χ1) is 14.9. The Bertz CT molecular complexity index is 1140. The highest BCUT2D eigenvalue weighted by Gasteiger charge is 2.20. The van der Waals surface area contributed by atoms with E-state index >= 15 is 0 Å². The predicted octanol–water partition coefficient (Wildman–Crippen LogP) is 2.54. The molecule has 3 aromatic rings. The normalized spacial score (nSPS) is 15.2. The fourth-order valence-electron chi connectivity index (χ4n) is 3.79. The molecule has 0 spiro atoms. The minimum absolute atomic E-state index is 0.173. The van der Waals surface area contributed by atoms with Gasteiger partial charge >= 0.3 is 0 Å². The molecule has 1 aliphatic carbocycles. The number of hydrogen-bond acceptors (Lipinski definition) is 6. The third-order valence-electron chi connectivity index (χ3n) is 5.53. The maximum absolute atomic E-state index is 12.4. The van der Waals surface area contributed by atoms with Crippen LogP contribution in [-0.2, 0) is 16.6 Å². The molecule has 2 aromatic carbocycles. The second-order valence-electron chi connectivity index (χ2n) is 7.78. The van der Waals surface area contributed by atoms with Crippen LogP contribution in [0.25, 0.3) is 11.4 Å². The van der Waals surface area contributed by atoms with Gasteiger partial charge in [-0.2, -0.15) is 4.80 Å². The minimum atomic E-state index is -3.59. The molecular formula is C21H27N6O2PS. The summed E-state index contributed by atoms with van der Waals surface area (Å²) in [4.78, 5) is 1.70. The summed E-state index contributed by atoms with van der Waals surface area (Å²) in [7, 11) is 0.474. The molecule has 1 unspecified atom stereocenters. The van der Waals surface area contributed by atoms with E-state index in [1.807, 2.05) is 24.3 Å². The molecule has 0 radical (unpaired) electrons. The van der Waals surface area contributed by atoms with Gasteiger partial charge in [-0.05, 0) is 54.2 Å². The molecule has 0 amide bonds. The van der Waals surface area contributed by atoms with Crippen molar-refractivity contribution in [2.24, 2.45) is 0 Å². The van der Waals surface area contributed by atoms with Crippen LogP contribution in [0.3, 0.4) is 0 Å². The van der Waals surface area contributed by atoms with Gasteiger partial charge in [-0.1, -0.05) is 43.5 Å². The highest BCUT2D eigenvalue weighted by molar-refractivity contribution is 7.89. The van der Waals surface area contributed by atoms with Crippen molar-refractivity contribution >= 4 is 30.3 Å². The largest absolute Gasteiger partial charge is 0.382 e. The van der Waals surface area contributed by atoms with E-state index in [2.05, 4.69) is 34.7 Å². The first kappa shape index (κ1) is 21.9. The van der Waals surface area contributed by atoms with E-state index in [4.69, 9.17) is 0 Å². The molecule has 1 fully saturated rings. The Morgan fingerprint density at radius 3 is 2.55 bits per heavy atom. The quantitative estimate of drug-likeness (QED) is 0.528. The van der Waals surface area contributed by atoms with Crippen LogP contribution in [0, 0.1) is 0 Å². The van der Waals surface area contributed by atoms with E-state index in [1.54, 1.807) is 18.2 Å². The Hall–Kier alpha value is -2.35. The van der Waals surface area contributed by atoms with Gasteiger partial charge in [0, 0.05) is 17.3 Å². The molecule has 2 N–H and O–H groups in total. The molecule has 0 aliphatic heterocycles. The zero-order chi connectivity index (χ0) is 21.8. The number of tetrazole rings is 1. The second-order valence-corrected chi connectivity index (χ2v) is 10.3. The lowest BCUT2D eigenvalue weighted by atomic mass is 9.95. The molecule has 1 atom stereocenters. The number of aromatic nitrogens is 4. The maximum atomic E-state index is 12.4. The van der Waals surface area contributed by atoms with E-state index in [1.165, 1.54) is 31.1 Å². The Morgan fingerprint density at radius 1 is 1.10 bits per heavy atom. The highest BCUT2D eigenvalue weighted by atomic mass is 32.2. The predicted molar refractivity (Wildman–Crippen MR) is 125 cm³/mol. The molecule has 1 aliphatic rings. The van der Waals surface area contributed by atoms with Crippen molar-refractivity contribution in [1.29, 1.82) is 0 Å². The lowest BCUT2D eigenvalue weighted by molar-refractivity contribution is 0.463. The Balaban J connectivity index is 1.66. The number of sulfonamides is 1. The lowest BCUT2D eigenvalue weighted by Gasteiger charge is -2.25. The van der Waals surface area contributed by atoms with Gasteiger partial charge in [0.2, 0.25) is 15.8 Å². The van der Waals surface area contributed by atoms with Crippen LogP contribution < -0.4 is 15.3 Å². The molecule has 1 heterocycles. The molecule has 0 saturated heterocycles. The van der Waals surface area contributed by atoms with E-state index < -0.39 is 10.0 Å². The number of hydrogen-bond donors (Lipinski definition) is 2. The number of benzene rings is 2. The summed E-state index contributed by atoms with van der Waals surface area (Å²) < 4.78 is 27.1. The Kier molecular flexibility index (Phi) is 6.65. The molecule has 8 nitrogen and oxygen atoms in total. The fourth-order valence-corrected chi connectivity index (χ4v) is 4.74. The summed E-state index contributed by atoms with van der Waals surface area (Å²) in [6, 6.07) is 13.4. The molecule has 0 bridgehead atoms. The third-order valence-corrected chi connectivity index (χ3v) is 7.33. The van der Waals surface area contributed by atoms with Crippen molar-refractivity contribution in [3.8, 4) is 11.4 Å². The van der Waals surface area contributed by atoms with Gasteiger partial charge in [0.1, 0.15) is 0 Å². The van der Waals surface area contributed by atoms with Crippen LogP contribution >= 0.6 is 9.24 Å². The van der Waals surface area contributed by atoms with E-state index in [0.717, 1.165) is 29.4 Å². The highest BCUT2D eigenvalue weighted by Crippen LogP contribution is 2.31. The third kappa shape index (κ3) is 5.29. The summed E-state index contributed by atoms with van der Waals surface area (Å²) >= 11 is 0. The first-order valence-corrected chi connectivity index (χ1v) is 12.5. The average Bonchev–Trinajstić information content (AvgIpc) is 3.24. The summed E-state index contributed by atoms with van der Waals surface area (Å²) in [5.74, 6) is 0.397. The van der Waals surface area contributed by atoms with Crippen molar-refractivity contribution in [3.05, 3.63) is 48.0 Å². The zero-order valence-corrected chi connectivity index (χ0v) is 19.4. The van der Waals surface area contributed by atoms with Crippen LogP contribution in [-0.4, -0.2) is 41.7 Å². The number of rotatable bonds is 7. The van der Waals surface area contributed by atoms with Crippen LogP contribution in [0.1, 0.15) is 37.7 Å². The summed E-state index contributed by atoms with van der Waals surface area (Å²) in [6.07, 6.45) is 5.85. The second kappa shape index (κ2) is 9.42. The number of nitrogens with zero attached hydrogens (tertiary/aromatic N) is 4. The minimum Gasteiger partial charge on any atom is -0.382 e. The number of nitrogens with one attached hydrogen (secondary N) is 2. The van der Waals surface area contributed by atoms with E-state index in [9.17, 15) is 8.42 Å². The van der Waals surface area contributed by atoms with Crippen LogP contribution in [0.2, 0.25) is 0 Å². The van der Waals surface area contributed by atoms with Gasteiger partial charge in [0.15, 0.2) is 0 Å². The van der Waals surface area contributed by atoms with Gasteiger partial charge in [-0.15, -0.1) is 19.4 Å². The standard InChI is InChI=1S/C21H27N6O2PS/c1-22-31(28,29)18-11-12-20(23-16-5-3-2-4-6-16)19(13-18)21-24-26-27(25-21)14-15-7-9-17(30)10-8-15/h7-13,16,22-23H,2-6,14,30H2,1H3. The Morgan fingerprint density at radius 2 is 1.84 bits per heavy atom. The molecule has 10 heteroatoms. The van der Waals surface area contributed by atoms with Crippen molar-refractivity contribution in [1.82, 2.24) is 24.9 Å². The first-order valence-electron chi connectivity index (χ1n) is 10.4. The van der Waals surface area contributed by atoms with Crippen LogP contribution in [0.15, 0.2) is 47.4 Å². The Labute approximate surface area is 185 Å². The van der Waals surface area contributed by atoms with E-state index in [0.29, 0.717) is 24.0 Å². The zero-order valence-electron chi connectivity index (χ0n) is 17.5. The summed E-state index contributed by atoms with van der Waals surface area (Å²) in [5, 5.41) is 17.6. The van der Waals surface area contributed by atoms with Crippen molar-refractivity contribution in [2.75, 3.05) is 12.4 Å². The molecule has 1 saturated carbocycles. The van der Waals surface area contributed by atoms with Gasteiger partial charge in [0.05, 0.1) is 11.4 Å². The molecule has 164 valence electrons.